The number of anilines is 1. The minimum Gasteiger partial charge on any atom is -0.479 e. The number of carbonyl (C=O) groups is 1. The Kier molecular flexibility index (Phi) is 3.98. The van der Waals surface area contributed by atoms with E-state index in [-0.39, 0.29) is 5.69 Å². The van der Waals surface area contributed by atoms with Crippen molar-refractivity contribution in [2.24, 2.45) is 0 Å². The van der Waals surface area contributed by atoms with Crippen LogP contribution in [0.3, 0.4) is 0 Å². The molecule has 0 radical (unpaired) electrons. The molecule has 21 heavy (non-hydrogen) atoms. The van der Waals surface area contributed by atoms with Crippen molar-refractivity contribution in [2.75, 3.05) is 5.32 Å². The Labute approximate surface area is 123 Å². The van der Waals surface area contributed by atoms with E-state index in [1.165, 1.54) is 19.1 Å². The lowest BCUT2D eigenvalue weighted by molar-refractivity contribution is -0.142. The third-order valence-corrected chi connectivity index (χ3v) is 3.77. The van der Waals surface area contributed by atoms with E-state index < -0.39 is 17.3 Å². The van der Waals surface area contributed by atoms with E-state index in [0.717, 1.165) is 11.1 Å². The molecule has 2 aromatic rings. The van der Waals surface area contributed by atoms with Crippen LogP contribution in [0, 0.1) is 19.7 Å². The van der Waals surface area contributed by atoms with E-state index in [4.69, 9.17) is 0 Å². The molecule has 0 spiro atoms. The van der Waals surface area contributed by atoms with Gasteiger partial charge in [0.1, 0.15) is 5.82 Å². The van der Waals surface area contributed by atoms with Crippen LogP contribution in [0.2, 0.25) is 0 Å². The van der Waals surface area contributed by atoms with Crippen LogP contribution in [-0.4, -0.2) is 11.1 Å². The topological polar surface area (TPSA) is 49.3 Å². The molecule has 2 rings (SSSR count). The highest BCUT2D eigenvalue weighted by Crippen LogP contribution is 2.29. The van der Waals surface area contributed by atoms with Crippen molar-refractivity contribution >= 4 is 11.7 Å². The van der Waals surface area contributed by atoms with E-state index in [1.807, 2.05) is 26.0 Å². The van der Waals surface area contributed by atoms with Gasteiger partial charge in [0, 0.05) is 0 Å². The van der Waals surface area contributed by atoms with Gasteiger partial charge in [-0.1, -0.05) is 30.3 Å². The Morgan fingerprint density at radius 2 is 1.81 bits per heavy atom. The third-order valence-electron chi connectivity index (χ3n) is 3.77. The number of hydrogen-bond acceptors (Lipinski definition) is 2. The summed E-state index contributed by atoms with van der Waals surface area (Å²) in [6.45, 7) is 5.41. The summed E-state index contributed by atoms with van der Waals surface area (Å²) in [5.74, 6) is -1.54. The van der Waals surface area contributed by atoms with Crippen LogP contribution < -0.4 is 5.32 Å². The van der Waals surface area contributed by atoms with Crippen molar-refractivity contribution < 1.29 is 14.3 Å². The number of nitrogens with one attached hydrogen (secondary N) is 1. The summed E-state index contributed by atoms with van der Waals surface area (Å²) in [5, 5.41) is 12.4. The van der Waals surface area contributed by atoms with Gasteiger partial charge >= 0.3 is 5.97 Å². The molecule has 1 atom stereocenters. The Morgan fingerprint density at radius 3 is 2.38 bits per heavy atom. The molecule has 0 aliphatic rings. The van der Waals surface area contributed by atoms with Gasteiger partial charge in [-0.15, -0.1) is 0 Å². The van der Waals surface area contributed by atoms with Gasteiger partial charge in [0.25, 0.3) is 0 Å². The summed E-state index contributed by atoms with van der Waals surface area (Å²) in [7, 11) is 0. The van der Waals surface area contributed by atoms with Crippen LogP contribution in [0.15, 0.2) is 42.5 Å². The average molecular weight is 287 g/mol. The summed E-state index contributed by atoms with van der Waals surface area (Å²) < 4.78 is 13.8. The van der Waals surface area contributed by atoms with Crippen LogP contribution in [0.25, 0.3) is 0 Å². The van der Waals surface area contributed by atoms with Crippen molar-refractivity contribution in [2.45, 2.75) is 26.3 Å². The number of benzene rings is 2. The highest BCUT2D eigenvalue weighted by molar-refractivity contribution is 5.84. The summed E-state index contributed by atoms with van der Waals surface area (Å²) in [4.78, 5) is 11.7. The second-order valence-corrected chi connectivity index (χ2v) is 5.33. The van der Waals surface area contributed by atoms with Gasteiger partial charge in [0.2, 0.25) is 0 Å². The summed E-state index contributed by atoms with van der Waals surface area (Å²) >= 11 is 0. The minimum absolute atomic E-state index is 0.167. The van der Waals surface area contributed by atoms with E-state index in [0.29, 0.717) is 5.56 Å². The van der Waals surface area contributed by atoms with E-state index >= 15 is 0 Å². The first-order chi connectivity index (χ1) is 9.84. The molecule has 2 N–H and O–H groups in total. The first-order valence-corrected chi connectivity index (χ1v) is 6.68. The van der Waals surface area contributed by atoms with Crippen LogP contribution in [0.1, 0.15) is 23.6 Å². The number of rotatable bonds is 4. The number of hydrogen-bond donors (Lipinski definition) is 2. The number of para-hydroxylation sites is 1. The predicted octanol–water partition coefficient (Wildman–Crippen LogP) is 3.85. The van der Waals surface area contributed by atoms with Gasteiger partial charge in [0.05, 0.1) is 5.69 Å². The molecule has 0 heterocycles. The molecule has 0 aliphatic heterocycles. The Morgan fingerprint density at radius 1 is 1.14 bits per heavy atom. The maximum atomic E-state index is 13.8. The maximum absolute atomic E-state index is 13.8. The smallest absolute Gasteiger partial charge is 0.333 e. The molecule has 0 fully saturated rings. The summed E-state index contributed by atoms with van der Waals surface area (Å²) in [6.07, 6.45) is 0. The fourth-order valence-electron chi connectivity index (χ4n) is 2.13. The molecule has 110 valence electrons. The van der Waals surface area contributed by atoms with Crippen LogP contribution >= 0.6 is 0 Å². The van der Waals surface area contributed by atoms with Gasteiger partial charge in [-0.3, -0.25) is 0 Å². The molecule has 0 aliphatic carbocycles. The molecule has 0 amide bonds. The molecule has 4 heteroatoms. The standard InChI is InChI=1S/C17H18FNO2/c1-11-8-9-13(10-12(11)2)17(3,16(20)21)19-15-7-5-4-6-14(15)18/h4-10,19H,1-3H3,(H,20,21). The van der Waals surface area contributed by atoms with E-state index in [2.05, 4.69) is 5.32 Å². The summed E-state index contributed by atoms with van der Waals surface area (Å²) in [6, 6.07) is 11.5. The Bertz CT molecular complexity index is 684. The average Bonchev–Trinajstić information content (AvgIpc) is 2.44. The highest BCUT2D eigenvalue weighted by Gasteiger charge is 2.36. The Hall–Kier alpha value is -2.36. The fourth-order valence-corrected chi connectivity index (χ4v) is 2.13. The van der Waals surface area contributed by atoms with Gasteiger partial charge < -0.3 is 10.4 Å². The van der Waals surface area contributed by atoms with Crippen LogP contribution in [-0.2, 0) is 10.3 Å². The third kappa shape index (κ3) is 2.89. The molecular formula is C17H18FNO2. The molecule has 0 bridgehead atoms. The number of aliphatic carboxylic acids is 1. The first kappa shape index (κ1) is 15.0. The maximum Gasteiger partial charge on any atom is 0.333 e. The molecule has 0 saturated heterocycles. The zero-order chi connectivity index (χ0) is 15.6. The second-order valence-electron chi connectivity index (χ2n) is 5.33. The largest absolute Gasteiger partial charge is 0.479 e. The van der Waals surface area contributed by atoms with Crippen molar-refractivity contribution in [3.8, 4) is 0 Å². The van der Waals surface area contributed by atoms with Crippen molar-refractivity contribution in [3.63, 3.8) is 0 Å². The molecule has 2 aromatic carbocycles. The molecule has 0 aromatic heterocycles. The quantitative estimate of drug-likeness (QED) is 0.898. The minimum atomic E-state index is -1.40. The lowest BCUT2D eigenvalue weighted by Crippen LogP contribution is -2.40. The fraction of sp³-hybridized carbons (Fsp3) is 0.235. The van der Waals surface area contributed by atoms with Crippen molar-refractivity contribution in [1.82, 2.24) is 0 Å². The second kappa shape index (κ2) is 5.56. The van der Waals surface area contributed by atoms with E-state index in [9.17, 15) is 14.3 Å². The molecule has 3 nitrogen and oxygen atoms in total. The molecule has 1 unspecified atom stereocenters. The number of carboxylic acids is 1. The zero-order valence-electron chi connectivity index (χ0n) is 12.3. The molecular weight excluding hydrogens is 269 g/mol. The normalized spacial score (nSPS) is 13.5. The number of aryl methyl sites for hydroxylation is 2. The predicted molar refractivity (Wildman–Crippen MR) is 80.9 cm³/mol. The van der Waals surface area contributed by atoms with Crippen molar-refractivity contribution in [1.29, 1.82) is 0 Å². The highest BCUT2D eigenvalue weighted by atomic mass is 19.1. The molecule has 0 saturated carbocycles. The van der Waals surface area contributed by atoms with Gasteiger partial charge in [-0.2, -0.15) is 0 Å². The monoisotopic (exact) mass is 287 g/mol. The first-order valence-electron chi connectivity index (χ1n) is 6.68. The van der Waals surface area contributed by atoms with Crippen LogP contribution in [0.5, 0.6) is 0 Å². The number of carboxylic acid groups (broad SMARTS) is 1. The van der Waals surface area contributed by atoms with E-state index in [1.54, 1.807) is 18.2 Å². The zero-order valence-corrected chi connectivity index (χ0v) is 12.3. The summed E-state index contributed by atoms with van der Waals surface area (Å²) in [5.41, 5.74) is 1.43. The lowest BCUT2D eigenvalue weighted by atomic mass is 9.89. The Balaban J connectivity index is 2.48. The van der Waals surface area contributed by atoms with Gasteiger partial charge in [0.15, 0.2) is 5.54 Å². The lowest BCUT2D eigenvalue weighted by Gasteiger charge is -2.28. The van der Waals surface area contributed by atoms with Gasteiger partial charge in [-0.25, -0.2) is 9.18 Å². The van der Waals surface area contributed by atoms with Gasteiger partial charge in [-0.05, 0) is 49.6 Å². The number of halogens is 1. The SMILES string of the molecule is Cc1ccc(C(C)(Nc2ccccc2F)C(=O)O)cc1C. The van der Waals surface area contributed by atoms with Crippen molar-refractivity contribution in [3.05, 3.63) is 65.0 Å². The van der Waals surface area contributed by atoms with Crippen LogP contribution in [0.4, 0.5) is 10.1 Å².